The Hall–Kier alpha value is -0.900. The molecule has 0 spiro atoms. The average molecular weight is 207 g/mol. The number of hydrogen-bond acceptors (Lipinski definition) is 3. The minimum absolute atomic E-state index is 0.00517. The highest BCUT2D eigenvalue weighted by Gasteiger charge is 2.49. The van der Waals surface area contributed by atoms with Gasteiger partial charge in [0.05, 0.1) is 24.9 Å². The molecule has 1 aliphatic carbocycles. The van der Waals surface area contributed by atoms with E-state index in [1.54, 1.807) is 0 Å². The van der Waals surface area contributed by atoms with E-state index in [9.17, 15) is 0 Å². The second-order valence-electron chi connectivity index (χ2n) is 4.13. The molecule has 0 radical (unpaired) electrons. The first-order valence-corrected chi connectivity index (χ1v) is 5.31. The maximum atomic E-state index is 9.00. The maximum absolute atomic E-state index is 9.00. The van der Waals surface area contributed by atoms with Crippen LogP contribution in [0.5, 0.6) is 0 Å². The van der Waals surface area contributed by atoms with Gasteiger partial charge in [0.15, 0.2) is 0 Å². The average Bonchev–Trinajstić information content (AvgIpc) is 3.08. The van der Waals surface area contributed by atoms with E-state index in [4.69, 9.17) is 15.6 Å². The highest BCUT2D eigenvalue weighted by Crippen LogP contribution is 2.42. The van der Waals surface area contributed by atoms with Crippen molar-refractivity contribution in [1.29, 1.82) is 0 Å². The Morgan fingerprint density at radius 2 is 2.00 bits per heavy atom. The normalized spacial score (nSPS) is 19.9. The second-order valence-corrected chi connectivity index (χ2v) is 4.13. The summed E-state index contributed by atoms with van der Waals surface area (Å²) < 4.78 is 5.79. The summed E-state index contributed by atoms with van der Waals surface area (Å²) in [5.74, 6) is 0. The molecule has 3 nitrogen and oxygen atoms in total. The van der Waals surface area contributed by atoms with Crippen molar-refractivity contribution in [2.24, 2.45) is 5.73 Å². The largest absolute Gasteiger partial charge is 0.395 e. The lowest BCUT2D eigenvalue weighted by Gasteiger charge is -2.22. The van der Waals surface area contributed by atoms with Crippen molar-refractivity contribution in [3.05, 3.63) is 35.9 Å². The molecule has 0 heterocycles. The van der Waals surface area contributed by atoms with Gasteiger partial charge in [-0.15, -0.1) is 0 Å². The molecule has 0 saturated heterocycles. The third kappa shape index (κ3) is 2.37. The van der Waals surface area contributed by atoms with E-state index in [-0.39, 0.29) is 18.2 Å². The zero-order valence-electron chi connectivity index (χ0n) is 8.73. The van der Waals surface area contributed by atoms with Gasteiger partial charge < -0.3 is 15.6 Å². The molecular weight excluding hydrogens is 190 g/mol. The lowest BCUT2D eigenvalue weighted by atomic mass is 10.1. The zero-order valence-corrected chi connectivity index (χ0v) is 8.73. The van der Waals surface area contributed by atoms with Crippen LogP contribution in [0.2, 0.25) is 0 Å². The molecule has 1 aromatic carbocycles. The molecule has 0 bridgehead atoms. The van der Waals surface area contributed by atoms with Crippen LogP contribution in [0, 0.1) is 0 Å². The molecule has 3 heteroatoms. The molecule has 1 aromatic rings. The molecule has 1 atom stereocenters. The van der Waals surface area contributed by atoms with E-state index in [2.05, 4.69) is 0 Å². The third-order valence-electron chi connectivity index (χ3n) is 2.98. The fraction of sp³-hybridized carbons (Fsp3) is 0.500. The van der Waals surface area contributed by atoms with Crippen LogP contribution in [0.4, 0.5) is 0 Å². The molecule has 15 heavy (non-hydrogen) atoms. The molecule has 3 N–H and O–H groups in total. The van der Waals surface area contributed by atoms with Crippen LogP contribution in [-0.4, -0.2) is 23.4 Å². The molecule has 1 unspecified atom stereocenters. The Labute approximate surface area is 89.9 Å². The van der Waals surface area contributed by atoms with E-state index in [1.807, 2.05) is 30.3 Å². The summed E-state index contributed by atoms with van der Waals surface area (Å²) in [6.07, 6.45) is 1.92. The first-order valence-electron chi connectivity index (χ1n) is 5.31. The van der Waals surface area contributed by atoms with E-state index in [0.29, 0.717) is 6.61 Å². The molecule has 0 amide bonds. The summed E-state index contributed by atoms with van der Waals surface area (Å²) in [4.78, 5) is 0. The number of aliphatic hydroxyl groups is 1. The van der Waals surface area contributed by atoms with Gasteiger partial charge in [-0.25, -0.2) is 0 Å². The fourth-order valence-corrected chi connectivity index (χ4v) is 1.71. The molecule has 0 aromatic heterocycles. The summed E-state index contributed by atoms with van der Waals surface area (Å²) in [6.45, 7) is 0.573. The number of nitrogens with two attached hydrogens (primary N) is 1. The van der Waals surface area contributed by atoms with Gasteiger partial charge >= 0.3 is 0 Å². The van der Waals surface area contributed by atoms with Gasteiger partial charge in [0.25, 0.3) is 0 Å². The summed E-state index contributed by atoms with van der Waals surface area (Å²) in [5.41, 5.74) is 6.69. The Balaban J connectivity index is 1.89. The van der Waals surface area contributed by atoms with Crippen molar-refractivity contribution in [3.8, 4) is 0 Å². The van der Waals surface area contributed by atoms with Gasteiger partial charge in [0.2, 0.25) is 0 Å². The maximum Gasteiger partial charge on any atom is 0.0861 e. The van der Waals surface area contributed by atoms with E-state index in [0.717, 1.165) is 18.4 Å². The van der Waals surface area contributed by atoms with Crippen molar-refractivity contribution >= 4 is 0 Å². The molecular formula is C12H17NO2. The summed E-state index contributed by atoms with van der Waals surface area (Å²) in [7, 11) is 0. The topological polar surface area (TPSA) is 55.5 Å². The molecule has 1 aliphatic rings. The quantitative estimate of drug-likeness (QED) is 0.759. The number of hydrogen-bond donors (Lipinski definition) is 2. The van der Waals surface area contributed by atoms with Crippen LogP contribution in [-0.2, 0) is 11.3 Å². The highest BCUT2D eigenvalue weighted by molar-refractivity contribution is 5.14. The predicted molar refractivity (Wildman–Crippen MR) is 58.3 cm³/mol. The van der Waals surface area contributed by atoms with E-state index >= 15 is 0 Å². The Morgan fingerprint density at radius 3 is 2.53 bits per heavy atom. The monoisotopic (exact) mass is 207 g/mol. The predicted octanol–water partition coefficient (Wildman–Crippen LogP) is 1.06. The van der Waals surface area contributed by atoms with Crippen LogP contribution in [0.3, 0.4) is 0 Å². The van der Waals surface area contributed by atoms with Crippen molar-refractivity contribution in [2.75, 3.05) is 6.61 Å². The van der Waals surface area contributed by atoms with Gasteiger partial charge in [-0.3, -0.25) is 0 Å². The minimum Gasteiger partial charge on any atom is -0.395 e. The summed E-state index contributed by atoms with van der Waals surface area (Å²) in [5, 5.41) is 9.00. The minimum atomic E-state index is -0.259. The van der Waals surface area contributed by atoms with Gasteiger partial charge in [-0.1, -0.05) is 30.3 Å². The van der Waals surface area contributed by atoms with Gasteiger partial charge in [0, 0.05) is 0 Å². The lowest BCUT2D eigenvalue weighted by molar-refractivity contribution is -0.00991. The van der Waals surface area contributed by atoms with Gasteiger partial charge in [-0.05, 0) is 18.4 Å². The van der Waals surface area contributed by atoms with Crippen LogP contribution in [0.1, 0.15) is 18.4 Å². The molecule has 1 saturated carbocycles. The van der Waals surface area contributed by atoms with Crippen LogP contribution < -0.4 is 5.73 Å². The third-order valence-corrected chi connectivity index (χ3v) is 2.98. The first-order chi connectivity index (χ1) is 7.27. The first kappa shape index (κ1) is 10.6. The number of aliphatic hydroxyl groups excluding tert-OH is 1. The van der Waals surface area contributed by atoms with Gasteiger partial charge in [0.1, 0.15) is 0 Å². The molecule has 82 valence electrons. The van der Waals surface area contributed by atoms with E-state index < -0.39 is 0 Å². The Kier molecular flexibility index (Phi) is 3.05. The van der Waals surface area contributed by atoms with Gasteiger partial charge in [-0.2, -0.15) is 0 Å². The van der Waals surface area contributed by atoms with Crippen LogP contribution in [0.15, 0.2) is 30.3 Å². The van der Waals surface area contributed by atoms with Crippen molar-refractivity contribution in [1.82, 2.24) is 0 Å². The highest BCUT2D eigenvalue weighted by atomic mass is 16.5. The Morgan fingerprint density at radius 1 is 1.33 bits per heavy atom. The second kappa shape index (κ2) is 4.31. The smallest absolute Gasteiger partial charge is 0.0861 e. The summed E-state index contributed by atoms with van der Waals surface area (Å²) >= 11 is 0. The van der Waals surface area contributed by atoms with Crippen molar-refractivity contribution in [2.45, 2.75) is 31.1 Å². The number of ether oxygens (including phenoxy) is 1. The standard InChI is InChI=1S/C12H17NO2/c13-11(8-14)12(6-7-12)15-9-10-4-2-1-3-5-10/h1-5,11,14H,6-9,13H2. The van der Waals surface area contributed by atoms with Crippen molar-refractivity contribution < 1.29 is 9.84 Å². The molecule has 0 aliphatic heterocycles. The number of benzene rings is 1. The number of rotatable bonds is 5. The molecule has 1 fully saturated rings. The zero-order chi connectivity index (χ0) is 10.7. The van der Waals surface area contributed by atoms with Crippen LogP contribution >= 0.6 is 0 Å². The van der Waals surface area contributed by atoms with Crippen molar-refractivity contribution in [3.63, 3.8) is 0 Å². The lowest BCUT2D eigenvalue weighted by Crippen LogP contribution is -2.41. The van der Waals surface area contributed by atoms with E-state index in [1.165, 1.54) is 0 Å². The fourth-order valence-electron chi connectivity index (χ4n) is 1.71. The van der Waals surface area contributed by atoms with Crippen LogP contribution in [0.25, 0.3) is 0 Å². The summed E-state index contributed by atoms with van der Waals surface area (Å²) in [6, 6.07) is 9.77. The SMILES string of the molecule is NC(CO)C1(OCc2ccccc2)CC1. The molecule has 2 rings (SSSR count). The Bertz CT molecular complexity index is 309.